The average molecular weight is 282 g/mol. The highest BCUT2D eigenvalue weighted by molar-refractivity contribution is 5.79. The van der Waals surface area contributed by atoms with Gasteiger partial charge in [-0.05, 0) is 18.8 Å². The summed E-state index contributed by atoms with van der Waals surface area (Å²) in [6, 6.07) is 0. The van der Waals surface area contributed by atoms with Crippen molar-refractivity contribution in [3.05, 3.63) is 12.2 Å². The summed E-state index contributed by atoms with van der Waals surface area (Å²) in [4.78, 5) is 10.3. The first-order valence-electron chi connectivity index (χ1n) is 8.56. The first-order chi connectivity index (χ1) is 9.66. The van der Waals surface area contributed by atoms with Gasteiger partial charge in [-0.3, -0.25) is 0 Å². The molecule has 0 aliphatic heterocycles. The van der Waals surface area contributed by atoms with Crippen LogP contribution in [0.3, 0.4) is 0 Å². The maximum atomic E-state index is 10.3. The molecule has 0 aromatic carbocycles. The molecule has 0 rings (SSSR count). The van der Waals surface area contributed by atoms with Crippen LogP contribution in [0, 0.1) is 5.92 Å². The number of carboxylic acid groups (broad SMARTS) is 1. The Morgan fingerprint density at radius 3 is 2.05 bits per heavy atom. The van der Waals surface area contributed by atoms with Gasteiger partial charge >= 0.3 is 5.97 Å². The van der Waals surface area contributed by atoms with Crippen LogP contribution in [-0.2, 0) is 4.79 Å². The second kappa shape index (κ2) is 14.6. The molecule has 0 saturated heterocycles. The second-order valence-corrected chi connectivity index (χ2v) is 6.04. The summed E-state index contributed by atoms with van der Waals surface area (Å²) >= 11 is 0. The minimum Gasteiger partial charge on any atom is -0.478 e. The quantitative estimate of drug-likeness (QED) is 0.315. The number of allylic oxidation sites excluding steroid dienone is 1. The van der Waals surface area contributed by atoms with E-state index in [4.69, 9.17) is 5.11 Å². The predicted molar refractivity (Wildman–Crippen MR) is 87.0 cm³/mol. The van der Waals surface area contributed by atoms with Gasteiger partial charge in [0, 0.05) is 6.08 Å². The molecule has 0 aromatic rings. The van der Waals surface area contributed by atoms with Crippen molar-refractivity contribution in [2.75, 3.05) is 0 Å². The molecule has 20 heavy (non-hydrogen) atoms. The molecule has 0 aromatic heterocycles. The third-order valence-electron chi connectivity index (χ3n) is 3.88. The highest BCUT2D eigenvalue weighted by Crippen LogP contribution is 2.18. The van der Waals surface area contributed by atoms with Crippen LogP contribution in [0.25, 0.3) is 0 Å². The molecule has 0 amide bonds. The van der Waals surface area contributed by atoms with E-state index < -0.39 is 5.97 Å². The van der Waals surface area contributed by atoms with Gasteiger partial charge in [0.2, 0.25) is 0 Å². The number of unbranched alkanes of at least 4 members (excludes halogenated alkanes) is 8. The van der Waals surface area contributed by atoms with Crippen LogP contribution in [0.2, 0.25) is 0 Å². The van der Waals surface area contributed by atoms with Crippen molar-refractivity contribution >= 4 is 5.97 Å². The van der Waals surface area contributed by atoms with Crippen LogP contribution in [0.5, 0.6) is 0 Å². The van der Waals surface area contributed by atoms with E-state index in [0.29, 0.717) is 0 Å². The lowest BCUT2D eigenvalue weighted by Crippen LogP contribution is -1.95. The summed E-state index contributed by atoms with van der Waals surface area (Å²) < 4.78 is 0. The van der Waals surface area contributed by atoms with Crippen molar-refractivity contribution in [3.63, 3.8) is 0 Å². The Bertz CT molecular complexity index is 246. The number of carbonyl (C=O) groups is 1. The van der Waals surface area contributed by atoms with E-state index in [2.05, 4.69) is 13.8 Å². The molecule has 1 N–H and O–H groups in total. The zero-order valence-electron chi connectivity index (χ0n) is 13.6. The van der Waals surface area contributed by atoms with Crippen molar-refractivity contribution < 1.29 is 9.90 Å². The van der Waals surface area contributed by atoms with E-state index in [1.807, 2.05) is 0 Å². The van der Waals surface area contributed by atoms with E-state index in [9.17, 15) is 4.79 Å². The lowest BCUT2D eigenvalue weighted by molar-refractivity contribution is -0.131. The summed E-state index contributed by atoms with van der Waals surface area (Å²) in [5.41, 5.74) is 0. The monoisotopic (exact) mass is 282 g/mol. The van der Waals surface area contributed by atoms with Gasteiger partial charge < -0.3 is 5.11 Å². The largest absolute Gasteiger partial charge is 0.478 e. The average Bonchev–Trinajstić information content (AvgIpc) is 2.41. The second-order valence-electron chi connectivity index (χ2n) is 6.04. The third-order valence-corrected chi connectivity index (χ3v) is 3.88. The summed E-state index contributed by atoms with van der Waals surface area (Å²) in [5, 5.41) is 8.45. The van der Waals surface area contributed by atoms with Crippen LogP contribution in [0.4, 0.5) is 0 Å². The highest BCUT2D eigenvalue weighted by atomic mass is 16.4. The van der Waals surface area contributed by atoms with Crippen molar-refractivity contribution in [2.45, 2.75) is 90.9 Å². The number of carboxylic acids is 1. The summed E-state index contributed by atoms with van der Waals surface area (Å²) in [6.45, 7) is 4.65. The smallest absolute Gasteiger partial charge is 0.327 e. The fourth-order valence-electron chi connectivity index (χ4n) is 2.53. The summed E-state index contributed by atoms with van der Waals surface area (Å²) in [5.74, 6) is 0.0429. The zero-order valence-corrected chi connectivity index (χ0v) is 13.6. The Morgan fingerprint density at radius 2 is 1.50 bits per heavy atom. The molecule has 0 fully saturated rings. The number of hydrogen-bond donors (Lipinski definition) is 1. The van der Waals surface area contributed by atoms with Gasteiger partial charge in [0.15, 0.2) is 0 Å². The van der Waals surface area contributed by atoms with E-state index in [1.54, 1.807) is 6.08 Å². The maximum Gasteiger partial charge on any atom is 0.327 e. The lowest BCUT2D eigenvalue weighted by Gasteiger charge is -2.10. The van der Waals surface area contributed by atoms with Crippen molar-refractivity contribution in [3.8, 4) is 0 Å². The predicted octanol–water partition coefficient (Wildman–Crippen LogP) is 5.96. The molecule has 2 nitrogen and oxygen atoms in total. The van der Waals surface area contributed by atoms with Gasteiger partial charge in [-0.15, -0.1) is 0 Å². The van der Waals surface area contributed by atoms with Crippen LogP contribution < -0.4 is 0 Å². The molecule has 1 unspecified atom stereocenters. The van der Waals surface area contributed by atoms with E-state index in [1.165, 1.54) is 70.3 Å². The van der Waals surface area contributed by atoms with Crippen LogP contribution in [0.15, 0.2) is 12.2 Å². The molecular formula is C18H34O2. The topological polar surface area (TPSA) is 37.3 Å². The van der Waals surface area contributed by atoms with Crippen molar-refractivity contribution in [1.29, 1.82) is 0 Å². The zero-order chi connectivity index (χ0) is 15.1. The molecule has 0 saturated carbocycles. The number of rotatable bonds is 14. The molecule has 0 heterocycles. The van der Waals surface area contributed by atoms with Crippen LogP contribution in [-0.4, -0.2) is 11.1 Å². The van der Waals surface area contributed by atoms with Gasteiger partial charge in [-0.1, -0.05) is 84.1 Å². The SMILES string of the molecule is CCCCCCCC(C)CCCCCCC=CC(=O)O. The van der Waals surface area contributed by atoms with E-state index in [0.717, 1.165) is 18.8 Å². The first kappa shape index (κ1) is 19.2. The summed E-state index contributed by atoms with van der Waals surface area (Å²) in [7, 11) is 0. The normalized spacial score (nSPS) is 12.9. The Balaban J connectivity index is 3.22. The number of hydrogen-bond acceptors (Lipinski definition) is 1. The fraction of sp³-hybridized carbons (Fsp3) is 0.833. The fourth-order valence-corrected chi connectivity index (χ4v) is 2.53. The molecule has 0 aliphatic carbocycles. The van der Waals surface area contributed by atoms with Gasteiger partial charge in [-0.2, -0.15) is 0 Å². The highest BCUT2D eigenvalue weighted by Gasteiger charge is 2.01. The van der Waals surface area contributed by atoms with Crippen molar-refractivity contribution in [2.24, 2.45) is 5.92 Å². The maximum absolute atomic E-state index is 10.3. The minimum absolute atomic E-state index is 0.835. The lowest BCUT2D eigenvalue weighted by atomic mass is 9.96. The molecule has 118 valence electrons. The molecule has 0 bridgehead atoms. The van der Waals surface area contributed by atoms with Crippen molar-refractivity contribution in [1.82, 2.24) is 0 Å². The van der Waals surface area contributed by atoms with E-state index >= 15 is 0 Å². The Labute approximate surface area is 125 Å². The Hall–Kier alpha value is -0.790. The molecular weight excluding hydrogens is 248 g/mol. The van der Waals surface area contributed by atoms with Crippen LogP contribution >= 0.6 is 0 Å². The van der Waals surface area contributed by atoms with Crippen LogP contribution in [0.1, 0.15) is 90.9 Å². The molecule has 0 spiro atoms. The molecule has 1 atom stereocenters. The standard InChI is InChI=1S/C18H34O2/c1-3-4-5-8-11-14-17(2)15-12-9-6-7-10-13-16-18(19)20/h13,16-17H,3-12,14-15H2,1-2H3,(H,19,20). The molecule has 0 radical (unpaired) electrons. The van der Waals surface area contributed by atoms with Gasteiger partial charge in [0.05, 0.1) is 0 Å². The van der Waals surface area contributed by atoms with Gasteiger partial charge in [0.1, 0.15) is 0 Å². The first-order valence-corrected chi connectivity index (χ1v) is 8.56. The van der Waals surface area contributed by atoms with E-state index in [-0.39, 0.29) is 0 Å². The summed E-state index contributed by atoms with van der Waals surface area (Å²) in [6.07, 6.45) is 18.6. The molecule has 2 heteroatoms. The number of aliphatic carboxylic acids is 1. The van der Waals surface area contributed by atoms with Gasteiger partial charge in [0.25, 0.3) is 0 Å². The third kappa shape index (κ3) is 15.3. The Morgan fingerprint density at radius 1 is 0.950 bits per heavy atom. The van der Waals surface area contributed by atoms with Gasteiger partial charge in [-0.25, -0.2) is 4.79 Å². The Kier molecular flexibility index (Phi) is 14.0. The molecule has 0 aliphatic rings. The minimum atomic E-state index is -0.835.